The molecule has 1 aromatic carbocycles. The Hall–Kier alpha value is -3.36. The second-order valence-electron chi connectivity index (χ2n) is 9.36. The van der Waals surface area contributed by atoms with Gasteiger partial charge < -0.3 is 9.26 Å². The van der Waals surface area contributed by atoms with Crippen molar-refractivity contribution in [3.05, 3.63) is 75.5 Å². The van der Waals surface area contributed by atoms with Crippen molar-refractivity contribution in [1.82, 2.24) is 24.6 Å². The Morgan fingerprint density at radius 2 is 1.81 bits per heavy atom. The molecule has 1 saturated heterocycles. The van der Waals surface area contributed by atoms with E-state index in [0.29, 0.717) is 23.5 Å². The lowest BCUT2D eigenvalue weighted by atomic mass is 10.0. The van der Waals surface area contributed by atoms with Crippen LogP contribution in [0.25, 0.3) is 22.4 Å². The van der Waals surface area contributed by atoms with Crippen molar-refractivity contribution in [2.45, 2.75) is 46.1 Å². The summed E-state index contributed by atoms with van der Waals surface area (Å²) in [6, 6.07) is 13.9. The first kappa shape index (κ1) is 24.3. The molecule has 8 heteroatoms. The molecular formula is C28H33N5O3. The quantitative estimate of drug-likeness (QED) is 0.366. The van der Waals surface area contributed by atoms with E-state index in [0.717, 1.165) is 73.7 Å². The molecule has 4 heterocycles. The summed E-state index contributed by atoms with van der Waals surface area (Å²) < 4.78 is 12.7. The average Bonchev–Trinajstić information content (AvgIpc) is 3.25. The van der Waals surface area contributed by atoms with Crippen molar-refractivity contribution in [3.63, 3.8) is 0 Å². The van der Waals surface area contributed by atoms with Gasteiger partial charge in [0.2, 0.25) is 0 Å². The molecule has 4 aromatic rings. The van der Waals surface area contributed by atoms with Crippen molar-refractivity contribution in [1.29, 1.82) is 0 Å². The summed E-state index contributed by atoms with van der Waals surface area (Å²) in [5, 5.41) is 4.09. The molecule has 0 N–H and O–H groups in total. The predicted molar refractivity (Wildman–Crippen MR) is 139 cm³/mol. The molecule has 0 saturated carbocycles. The first-order valence-corrected chi connectivity index (χ1v) is 12.8. The molecule has 0 bridgehead atoms. The molecule has 1 atom stereocenters. The van der Waals surface area contributed by atoms with E-state index in [1.54, 1.807) is 0 Å². The topological polar surface area (TPSA) is 86.3 Å². The number of aryl methyl sites for hydroxylation is 3. The van der Waals surface area contributed by atoms with Crippen LogP contribution in [0.1, 0.15) is 48.5 Å². The van der Waals surface area contributed by atoms with Gasteiger partial charge in [-0.25, -0.2) is 9.97 Å². The number of pyridine rings is 1. The first-order chi connectivity index (χ1) is 17.6. The van der Waals surface area contributed by atoms with E-state index in [1.165, 1.54) is 0 Å². The Morgan fingerprint density at radius 1 is 1.03 bits per heavy atom. The summed E-state index contributed by atoms with van der Waals surface area (Å²) in [5.41, 5.74) is 5.29. The summed E-state index contributed by atoms with van der Waals surface area (Å²) in [7, 11) is 0. The Bertz CT molecular complexity index is 1370. The third kappa shape index (κ3) is 4.83. The third-order valence-corrected chi connectivity index (χ3v) is 6.97. The van der Waals surface area contributed by atoms with E-state index in [-0.39, 0.29) is 11.6 Å². The van der Waals surface area contributed by atoms with Crippen LogP contribution < -0.4 is 5.56 Å². The molecule has 0 aliphatic carbocycles. The van der Waals surface area contributed by atoms with Crippen molar-refractivity contribution < 1.29 is 9.26 Å². The van der Waals surface area contributed by atoms with Gasteiger partial charge in [0.15, 0.2) is 5.65 Å². The van der Waals surface area contributed by atoms with E-state index >= 15 is 0 Å². The predicted octanol–water partition coefficient (Wildman–Crippen LogP) is 4.33. The number of morpholine rings is 1. The Kier molecular flexibility index (Phi) is 7.25. The Labute approximate surface area is 210 Å². The zero-order chi connectivity index (χ0) is 25.1. The summed E-state index contributed by atoms with van der Waals surface area (Å²) in [6.45, 7) is 10.2. The largest absolute Gasteiger partial charge is 0.379 e. The fourth-order valence-electron chi connectivity index (χ4n) is 5.11. The zero-order valence-corrected chi connectivity index (χ0v) is 21.2. The minimum Gasteiger partial charge on any atom is -0.379 e. The molecule has 1 aliphatic heterocycles. The number of nitrogens with zero attached hydrogens (tertiary/aromatic N) is 5. The van der Waals surface area contributed by atoms with Gasteiger partial charge in [-0.3, -0.25) is 14.3 Å². The van der Waals surface area contributed by atoms with E-state index in [2.05, 4.69) is 29.1 Å². The lowest BCUT2D eigenvalue weighted by Crippen LogP contribution is -2.37. The first-order valence-electron chi connectivity index (χ1n) is 12.8. The van der Waals surface area contributed by atoms with Crippen LogP contribution in [0.2, 0.25) is 0 Å². The van der Waals surface area contributed by atoms with Gasteiger partial charge in [-0.05, 0) is 57.4 Å². The number of benzene rings is 1. The maximum atomic E-state index is 14.0. The van der Waals surface area contributed by atoms with Crippen LogP contribution in [0.3, 0.4) is 0 Å². The lowest BCUT2D eigenvalue weighted by molar-refractivity contribution is 0.0374. The van der Waals surface area contributed by atoms with E-state index in [9.17, 15) is 4.79 Å². The molecule has 5 rings (SSSR count). The Balaban J connectivity index is 1.59. The second-order valence-corrected chi connectivity index (χ2v) is 9.36. The maximum absolute atomic E-state index is 14.0. The average molecular weight is 488 g/mol. The van der Waals surface area contributed by atoms with Crippen LogP contribution in [0.15, 0.2) is 51.8 Å². The molecule has 0 spiro atoms. The summed E-state index contributed by atoms with van der Waals surface area (Å²) in [5.74, 6) is 0.705. The molecule has 3 aromatic heterocycles. The highest BCUT2D eigenvalue weighted by atomic mass is 16.5. The number of aromatic nitrogens is 4. The van der Waals surface area contributed by atoms with E-state index < -0.39 is 0 Å². The SMILES string of the molecule is CC[C@@H](c1ccccc1)n1c(=O)c(CCCN2CCOCC2)nc2ccc(-c3c(C)noc3C)nc21. The lowest BCUT2D eigenvalue weighted by Gasteiger charge is -2.26. The van der Waals surface area contributed by atoms with Gasteiger partial charge in [0.05, 0.1) is 36.2 Å². The summed E-state index contributed by atoms with van der Waals surface area (Å²) >= 11 is 0. The number of hydrogen-bond donors (Lipinski definition) is 0. The molecule has 0 amide bonds. The number of rotatable bonds is 8. The molecular weight excluding hydrogens is 454 g/mol. The maximum Gasteiger partial charge on any atom is 0.274 e. The fourth-order valence-corrected chi connectivity index (χ4v) is 5.11. The van der Waals surface area contributed by atoms with Gasteiger partial charge in [-0.2, -0.15) is 0 Å². The van der Waals surface area contributed by atoms with Crippen molar-refractivity contribution in [3.8, 4) is 11.3 Å². The van der Waals surface area contributed by atoms with Crippen molar-refractivity contribution in [2.24, 2.45) is 0 Å². The molecule has 8 nitrogen and oxygen atoms in total. The highest BCUT2D eigenvalue weighted by Crippen LogP contribution is 2.29. The number of fused-ring (bicyclic) bond motifs is 1. The standard InChI is InChI=1S/C28H33N5O3/c1-4-25(21-9-6-5-7-10-21)33-27-23(13-12-22(30-27)26-19(2)31-36-20(26)3)29-24(28(33)34)11-8-14-32-15-17-35-18-16-32/h5-7,9-10,12-13,25H,4,8,11,14-18H2,1-3H3/t25-/m0/s1. The number of ether oxygens (including phenoxy) is 1. The summed E-state index contributed by atoms with van der Waals surface area (Å²) in [4.78, 5) is 26.1. The minimum absolute atomic E-state index is 0.0661. The van der Waals surface area contributed by atoms with Gasteiger partial charge in [0, 0.05) is 13.1 Å². The van der Waals surface area contributed by atoms with Crippen LogP contribution in [-0.2, 0) is 11.2 Å². The third-order valence-electron chi connectivity index (χ3n) is 6.97. The van der Waals surface area contributed by atoms with Crippen LogP contribution >= 0.6 is 0 Å². The number of hydrogen-bond acceptors (Lipinski definition) is 7. The van der Waals surface area contributed by atoms with Gasteiger partial charge in [-0.1, -0.05) is 42.4 Å². The molecule has 0 radical (unpaired) electrons. The molecule has 188 valence electrons. The highest BCUT2D eigenvalue weighted by molar-refractivity contribution is 5.76. The van der Waals surface area contributed by atoms with Gasteiger partial charge >= 0.3 is 0 Å². The van der Waals surface area contributed by atoms with Crippen LogP contribution in [0.5, 0.6) is 0 Å². The molecule has 1 aliphatic rings. The van der Waals surface area contributed by atoms with Crippen LogP contribution in [0, 0.1) is 13.8 Å². The summed E-state index contributed by atoms with van der Waals surface area (Å²) in [6.07, 6.45) is 2.26. The second kappa shape index (κ2) is 10.7. The van der Waals surface area contributed by atoms with Gasteiger partial charge in [0.25, 0.3) is 5.56 Å². The minimum atomic E-state index is -0.144. The molecule has 0 unspecified atom stereocenters. The van der Waals surface area contributed by atoms with Crippen LogP contribution in [-0.4, -0.2) is 57.4 Å². The van der Waals surface area contributed by atoms with Gasteiger partial charge in [0.1, 0.15) is 17.0 Å². The monoisotopic (exact) mass is 487 g/mol. The van der Waals surface area contributed by atoms with Crippen molar-refractivity contribution in [2.75, 3.05) is 32.8 Å². The zero-order valence-electron chi connectivity index (χ0n) is 21.2. The normalized spacial score (nSPS) is 15.4. The van der Waals surface area contributed by atoms with Gasteiger partial charge in [-0.15, -0.1) is 0 Å². The van der Waals surface area contributed by atoms with E-state index in [1.807, 2.05) is 48.7 Å². The van der Waals surface area contributed by atoms with E-state index in [4.69, 9.17) is 19.2 Å². The molecule has 1 fully saturated rings. The smallest absolute Gasteiger partial charge is 0.274 e. The van der Waals surface area contributed by atoms with Crippen LogP contribution in [0.4, 0.5) is 0 Å². The Morgan fingerprint density at radius 3 is 2.50 bits per heavy atom. The highest BCUT2D eigenvalue weighted by Gasteiger charge is 2.22. The fraction of sp³-hybridized carbons (Fsp3) is 0.429. The van der Waals surface area contributed by atoms with Crippen molar-refractivity contribution >= 4 is 11.2 Å². The molecule has 36 heavy (non-hydrogen) atoms.